The van der Waals surface area contributed by atoms with Crippen LogP contribution in [0.5, 0.6) is 0 Å². The summed E-state index contributed by atoms with van der Waals surface area (Å²) in [7, 11) is 4.13. The first-order valence-electron chi connectivity index (χ1n) is 9.22. The third-order valence-corrected chi connectivity index (χ3v) is 5.04. The van der Waals surface area contributed by atoms with Crippen LogP contribution in [0, 0.1) is 23.6 Å². The summed E-state index contributed by atoms with van der Waals surface area (Å²) < 4.78 is 19.0. The molecule has 1 fully saturated rings. The molecule has 1 N–H and O–H groups in total. The lowest BCUT2D eigenvalue weighted by Crippen LogP contribution is -2.56. The van der Waals surface area contributed by atoms with E-state index < -0.39 is 0 Å². The van der Waals surface area contributed by atoms with Crippen molar-refractivity contribution in [3.05, 3.63) is 71.0 Å². The van der Waals surface area contributed by atoms with E-state index in [-0.39, 0.29) is 17.1 Å². The molecule has 6 heteroatoms. The van der Waals surface area contributed by atoms with Gasteiger partial charge in [0, 0.05) is 24.3 Å². The van der Waals surface area contributed by atoms with Gasteiger partial charge in [0.2, 0.25) is 5.91 Å². The van der Waals surface area contributed by atoms with Gasteiger partial charge in [0.15, 0.2) is 0 Å². The zero-order chi connectivity index (χ0) is 19.3. The van der Waals surface area contributed by atoms with Gasteiger partial charge in [-0.05, 0) is 60.5 Å². The minimum atomic E-state index is -0.337. The topological polar surface area (TPSA) is 38.3 Å². The van der Waals surface area contributed by atoms with E-state index in [2.05, 4.69) is 32.9 Å². The second kappa shape index (κ2) is 8.45. The van der Waals surface area contributed by atoms with E-state index in [4.69, 9.17) is 4.74 Å². The van der Waals surface area contributed by atoms with Crippen molar-refractivity contribution in [2.45, 2.75) is 18.2 Å². The molecule has 0 atom stereocenters. The molecule has 1 aliphatic heterocycles. The summed E-state index contributed by atoms with van der Waals surface area (Å²) in [5, 5.41) is 2.86. The Hall–Kier alpha value is -2.51. The van der Waals surface area contributed by atoms with Gasteiger partial charge < -0.3 is 10.1 Å². The molecule has 1 saturated heterocycles. The summed E-state index contributed by atoms with van der Waals surface area (Å²) in [6, 6.07) is 13.5. The maximum atomic E-state index is 13.6. The predicted octanol–water partition coefficient (Wildman–Crippen LogP) is 1.30. The molecule has 0 aliphatic carbocycles. The fourth-order valence-corrected chi connectivity index (χ4v) is 3.29. The molecule has 0 saturated carbocycles. The third kappa shape index (κ3) is 5.02. The predicted molar refractivity (Wildman–Crippen MR) is 110 cm³/mol. The van der Waals surface area contributed by atoms with Gasteiger partial charge in [0.25, 0.3) is 0 Å². The van der Waals surface area contributed by atoms with Gasteiger partial charge in [-0.25, -0.2) is 4.39 Å². The van der Waals surface area contributed by atoms with Crippen LogP contribution in [0.2, 0.25) is 0 Å². The molecule has 2 aromatic carbocycles. The first-order valence-corrected chi connectivity index (χ1v) is 9.22. The van der Waals surface area contributed by atoms with Crippen molar-refractivity contribution in [1.29, 1.82) is 0 Å². The standard InChI is InChI=1S/C21H22B2FNO2/c22-21(23,18-11-13-27-14-12-18)25-20(26)17-9-6-15(7-10-17)5-8-16-3-1-2-4-19(16)24/h1-4,6-7,9-10,18H,11-14,22-23H2,(H,25,26). The number of carbonyl (C=O) groups is 1. The average Bonchev–Trinajstić information content (AvgIpc) is 2.68. The highest BCUT2D eigenvalue weighted by Crippen LogP contribution is 2.23. The van der Waals surface area contributed by atoms with E-state index in [1.807, 2.05) is 0 Å². The van der Waals surface area contributed by atoms with Crippen molar-refractivity contribution in [3.8, 4) is 11.8 Å². The Morgan fingerprint density at radius 2 is 1.74 bits per heavy atom. The van der Waals surface area contributed by atoms with Crippen LogP contribution in [0.1, 0.15) is 34.3 Å². The van der Waals surface area contributed by atoms with Crippen molar-refractivity contribution >= 4 is 21.6 Å². The smallest absolute Gasteiger partial charge is 0.250 e. The zero-order valence-electron chi connectivity index (χ0n) is 15.7. The lowest BCUT2D eigenvalue weighted by atomic mass is 9.53. The molecular weight excluding hydrogens is 339 g/mol. The average molecular weight is 361 g/mol. The number of amides is 1. The Kier molecular flexibility index (Phi) is 6.03. The van der Waals surface area contributed by atoms with E-state index in [9.17, 15) is 9.18 Å². The van der Waals surface area contributed by atoms with Crippen molar-refractivity contribution in [3.63, 3.8) is 0 Å². The molecule has 0 aromatic heterocycles. The van der Waals surface area contributed by atoms with Crippen molar-refractivity contribution in [2.24, 2.45) is 5.92 Å². The molecule has 0 bridgehead atoms. The molecule has 27 heavy (non-hydrogen) atoms. The fourth-order valence-electron chi connectivity index (χ4n) is 3.29. The fraction of sp³-hybridized carbons (Fsp3) is 0.286. The number of carbonyl (C=O) groups excluding carboxylic acids is 1. The number of hydrogen-bond acceptors (Lipinski definition) is 2. The normalized spacial score (nSPS) is 14.9. The SMILES string of the molecule is BC(B)(NC(=O)c1ccc(C#Cc2ccccc2F)cc1)C1CCOCC1. The lowest BCUT2D eigenvalue weighted by molar-refractivity contribution is 0.0556. The Labute approximate surface area is 161 Å². The monoisotopic (exact) mass is 361 g/mol. The van der Waals surface area contributed by atoms with Crippen LogP contribution in [-0.2, 0) is 4.74 Å². The minimum absolute atomic E-state index is 0.0971. The first kappa shape index (κ1) is 19.3. The highest BCUT2D eigenvalue weighted by molar-refractivity contribution is 6.41. The van der Waals surface area contributed by atoms with Gasteiger partial charge in [-0.2, -0.15) is 0 Å². The van der Waals surface area contributed by atoms with E-state index in [1.165, 1.54) is 6.07 Å². The number of halogens is 1. The maximum absolute atomic E-state index is 13.6. The number of ether oxygens (including phenoxy) is 1. The summed E-state index contributed by atoms with van der Waals surface area (Å²) in [5.41, 5.74) is 1.68. The third-order valence-electron chi connectivity index (χ3n) is 5.04. The minimum Gasteiger partial charge on any atom is -0.381 e. The second-order valence-electron chi connectivity index (χ2n) is 7.37. The van der Waals surface area contributed by atoms with E-state index in [0.717, 1.165) is 31.6 Å². The Morgan fingerprint density at radius 1 is 1.07 bits per heavy atom. The van der Waals surface area contributed by atoms with Gasteiger partial charge in [0.1, 0.15) is 21.5 Å². The van der Waals surface area contributed by atoms with Crippen LogP contribution in [0.25, 0.3) is 0 Å². The lowest BCUT2D eigenvalue weighted by Gasteiger charge is -2.38. The van der Waals surface area contributed by atoms with E-state index in [1.54, 1.807) is 42.5 Å². The molecule has 1 heterocycles. The van der Waals surface area contributed by atoms with Crippen LogP contribution in [0.3, 0.4) is 0 Å². The Balaban J connectivity index is 1.66. The molecule has 0 radical (unpaired) electrons. The van der Waals surface area contributed by atoms with Crippen LogP contribution in [-0.4, -0.2) is 40.2 Å². The largest absolute Gasteiger partial charge is 0.381 e. The molecule has 2 aromatic rings. The van der Waals surface area contributed by atoms with Crippen molar-refractivity contribution in [1.82, 2.24) is 5.32 Å². The number of benzene rings is 2. The maximum Gasteiger partial charge on any atom is 0.250 e. The second-order valence-corrected chi connectivity index (χ2v) is 7.37. The van der Waals surface area contributed by atoms with Crippen LogP contribution >= 0.6 is 0 Å². The quantitative estimate of drug-likeness (QED) is 0.662. The zero-order valence-corrected chi connectivity index (χ0v) is 15.7. The summed E-state index contributed by atoms with van der Waals surface area (Å²) in [5.74, 6) is 5.72. The molecule has 0 unspecified atom stereocenters. The summed E-state index contributed by atoms with van der Waals surface area (Å²) in [4.78, 5) is 12.6. The van der Waals surface area contributed by atoms with Gasteiger partial charge in [-0.3, -0.25) is 4.79 Å². The van der Waals surface area contributed by atoms with Crippen LogP contribution in [0.15, 0.2) is 48.5 Å². The van der Waals surface area contributed by atoms with Crippen LogP contribution < -0.4 is 5.32 Å². The summed E-state index contributed by atoms with van der Waals surface area (Å²) in [6.45, 7) is 1.50. The van der Waals surface area contributed by atoms with Gasteiger partial charge in [-0.15, -0.1) is 0 Å². The molecule has 1 amide bonds. The van der Waals surface area contributed by atoms with Crippen molar-refractivity contribution < 1.29 is 13.9 Å². The molecule has 1 aliphatic rings. The van der Waals surface area contributed by atoms with Gasteiger partial charge in [0.05, 0.1) is 5.56 Å². The molecule has 0 spiro atoms. The number of hydrogen-bond donors (Lipinski definition) is 1. The highest BCUT2D eigenvalue weighted by Gasteiger charge is 2.32. The summed E-state index contributed by atoms with van der Waals surface area (Å²) in [6.07, 6.45) is 1.91. The van der Waals surface area contributed by atoms with Gasteiger partial charge in [-0.1, -0.05) is 24.0 Å². The van der Waals surface area contributed by atoms with E-state index >= 15 is 0 Å². The summed E-state index contributed by atoms with van der Waals surface area (Å²) >= 11 is 0. The first-order chi connectivity index (χ1) is 13.0. The highest BCUT2D eigenvalue weighted by atomic mass is 19.1. The van der Waals surface area contributed by atoms with E-state index in [0.29, 0.717) is 17.0 Å². The molecular formula is C21H22B2FNO2. The Morgan fingerprint density at radius 3 is 2.41 bits per heavy atom. The Bertz CT molecular complexity index is 866. The molecule has 136 valence electrons. The number of nitrogens with one attached hydrogen (secondary N) is 1. The van der Waals surface area contributed by atoms with Crippen molar-refractivity contribution in [2.75, 3.05) is 13.2 Å². The number of rotatable bonds is 3. The van der Waals surface area contributed by atoms with Crippen LogP contribution in [0.4, 0.5) is 4.39 Å². The van der Waals surface area contributed by atoms with Gasteiger partial charge >= 0.3 is 0 Å². The molecule has 3 rings (SSSR count). The molecule has 3 nitrogen and oxygen atoms in total.